The fourth-order valence-corrected chi connectivity index (χ4v) is 3.73. The lowest BCUT2D eigenvalue weighted by Crippen LogP contribution is -2.28. The number of rotatable bonds is 9. The summed E-state index contributed by atoms with van der Waals surface area (Å²) in [5.41, 5.74) is 4.20. The van der Waals surface area contributed by atoms with Crippen LogP contribution in [0.5, 0.6) is 0 Å². The molecule has 2 heteroatoms. The van der Waals surface area contributed by atoms with Gasteiger partial charge in [-0.15, -0.1) is 0 Å². The second-order valence-electron chi connectivity index (χ2n) is 8.15. The number of allylic oxidation sites excluding steroid dienone is 2. The molecule has 154 valence electrons. The number of hydrogen-bond donors (Lipinski definition) is 1. The number of carbonyl (C=O) groups excluding carboxylic acids is 1. The SMILES string of the molecule is CC(C)[C@@H](Cc1ccccc1)/C(=C/C(=O)c1ccccc1)N[C@H](C)c1ccccc1. The minimum atomic E-state index is 0.0390. The van der Waals surface area contributed by atoms with Gasteiger partial charge >= 0.3 is 0 Å². The molecule has 3 rings (SSSR count). The van der Waals surface area contributed by atoms with Crippen LogP contribution in [0.2, 0.25) is 0 Å². The van der Waals surface area contributed by atoms with Crippen molar-refractivity contribution in [2.75, 3.05) is 0 Å². The molecule has 30 heavy (non-hydrogen) atoms. The van der Waals surface area contributed by atoms with Crippen LogP contribution in [0.25, 0.3) is 0 Å². The fraction of sp³-hybridized carbons (Fsp3) is 0.250. The summed E-state index contributed by atoms with van der Waals surface area (Å²) < 4.78 is 0. The van der Waals surface area contributed by atoms with Gasteiger partial charge in [0.2, 0.25) is 0 Å². The summed E-state index contributed by atoms with van der Waals surface area (Å²) in [5.74, 6) is 0.638. The quantitative estimate of drug-likeness (QED) is 0.325. The van der Waals surface area contributed by atoms with Crippen LogP contribution < -0.4 is 5.32 Å². The van der Waals surface area contributed by atoms with Crippen LogP contribution in [0, 0.1) is 11.8 Å². The molecule has 0 radical (unpaired) electrons. The van der Waals surface area contributed by atoms with Crippen LogP contribution in [-0.4, -0.2) is 5.78 Å². The first-order valence-corrected chi connectivity index (χ1v) is 10.7. The highest BCUT2D eigenvalue weighted by Crippen LogP contribution is 2.27. The van der Waals surface area contributed by atoms with Gasteiger partial charge in [0.1, 0.15) is 0 Å². The second kappa shape index (κ2) is 10.6. The number of nitrogens with one attached hydrogen (secondary N) is 1. The molecular formula is C28H31NO. The Kier molecular flexibility index (Phi) is 7.62. The van der Waals surface area contributed by atoms with E-state index >= 15 is 0 Å². The first-order valence-electron chi connectivity index (χ1n) is 10.7. The fourth-order valence-electron chi connectivity index (χ4n) is 3.73. The average molecular weight is 398 g/mol. The molecule has 0 bridgehead atoms. The van der Waals surface area contributed by atoms with Gasteiger partial charge in [-0.1, -0.05) is 105 Å². The van der Waals surface area contributed by atoms with Crippen molar-refractivity contribution in [1.29, 1.82) is 0 Å². The van der Waals surface area contributed by atoms with Crippen LogP contribution in [0.15, 0.2) is 103 Å². The van der Waals surface area contributed by atoms with Crippen LogP contribution in [0.1, 0.15) is 48.3 Å². The molecule has 0 fully saturated rings. The molecule has 0 saturated carbocycles. The molecule has 3 aromatic carbocycles. The van der Waals surface area contributed by atoms with E-state index in [4.69, 9.17) is 0 Å². The van der Waals surface area contributed by atoms with Gasteiger partial charge in [0.25, 0.3) is 0 Å². The van der Waals surface area contributed by atoms with E-state index in [9.17, 15) is 4.79 Å². The average Bonchev–Trinajstić information content (AvgIpc) is 2.78. The maximum atomic E-state index is 13.0. The highest BCUT2D eigenvalue weighted by atomic mass is 16.1. The lowest BCUT2D eigenvalue weighted by Gasteiger charge is -2.28. The van der Waals surface area contributed by atoms with E-state index in [1.54, 1.807) is 0 Å². The van der Waals surface area contributed by atoms with Gasteiger partial charge in [-0.25, -0.2) is 0 Å². The molecule has 2 nitrogen and oxygen atoms in total. The minimum absolute atomic E-state index is 0.0390. The molecule has 0 amide bonds. The van der Waals surface area contributed by atoms with Crippen LogP contribution >= 0.6 is 0 Å². The number of benzene rings is 3. The summed E-state index contributed by atoms with van der Waals surface area (Å²) in [7, 11) is 0. The third-order valence-corrected chi connectivity index (χ3v) is 5.53. The zero-order valence-electron chi connectivity index (χ0n) is 18.1. The predicted octanol–water partition coefficient (Wildman–Crippen LogP) is 6.62. The predicted molar refractivity (Wildman–Crippen MR) is 125 cm³/mol. The van der Waals surface area contributed by atoms with E-state index in [0.29, 0.717) is 11.5 Å². The Hall–Kier alpha value is -3.13. The zero-order chi connectivity index (χ0) is 21.3. The van der Waals surface area contributed by atoms with Gasteiger partial charge in [-0.3, -0.25) is 4.79 Å². The molecule has 0 heterocycles. The molecule has 0 spiro atoms. The molecule has 0 unspecified atom stereocenters. The molecule has 3 aromatic rings. The van der Waals surface area contributed by atoms with Crippen LogP contribution in [-0.2, 0) is 6.42 Å². The monoisotopic (exact) mass is 397 g/mol. The summed E-state index contributed by atoms with van der Waals surface area (Å²) in [6.45, 7) is 6.60. The summed E-state index contributed by atoms with van der Waals surface area (Å²) in [5, 5.41) is 3.68. The first kappa shape index (κ1) is 21.6. The van der Waals surface area contributed by atoms with Crippen molar-refractivity contribution in [3.05, 3.63) is 119 Å². The van der Waals surface area contributed by atoms with Gasteiger partial charge < -0.3 is 5.32 Å². The Balaban J connectivity index is 1.94. The highest BCUT2D eigenvalue weighted by Gasteiger charge is 2.22. The minimum Gasteiger partial charge on any atom is -0.381 e. The highest BCUT2D eigenvalue weighted by molar-refractivity contribution is 6.04. The largest absolute Gasteiger partial charge is 0.381 e. The maximum Gasteiger partial charge on any atom is 0.187 e. The molecule has 0 aliphatic carbocycles. The first-order chi connectivity index (χ1) is 14.5. The number of carbonyl (C=O) groups is 1. The normalized spacial score (nSPS) is 13.7. The van der Waals surface area contributed by atoms with E-state index < -0.39 is 0 Å². The van der Waals surface area contributed by atoms with E-state index in [1.807, 2.05) is 48.5 Å². The molecule has 1 N–H and O–H groups in total. The van der Waals surface area contributed by atoms with E-state index in [1.165, 1.54) is 11.1 Å². The summed E-state index contributed by atoms with van der Waals surface area (Å²) in [6, 6.07) is 30.5. The van der Waals surface area contributed by atoms with Gasteiger partial charge in [0.05, 0.1) is 0 Å². The smallest absolute Gasteiger partial charge is 0.187 e. The molecule has 0 saturated heterocycles. The Bertz CT molecular complexity index is 946. The molecule has 2 atom stereocenters. The van der Waals surface area contributed by atoms with E-state index in [2.05, 4.69) is 74.6 Å². The lowest BCUT2D eigenvalue weighted by atomic mass is 9.85. The standard InChI is InChI=1S/C28H31NO/c1-21(2)26(19-23-13-7-4-8-14-23)27(20-28(30)25-17-11-6-12-18-25)29-22(3)24-15-9-5-10-16-24/h4-18,20-22,26,29H,19H2,1-3H3/b27-20-/t22-,26-/m1/s1. The Labute approximate surface area is 180 Å². The van der Waals surface area contributed by atoms with E-state index in [0.717, 1.165) is 12.1 Å². The van der Waals surface area contributed by atoms with Gasteiger partial charge in [0, 0.05) is 29.3 Å². The summed E-state index contributed by atoms with van der Waals surface area (Å²) >= 11 is 0. The Morgan fingerprint density at radius 1 is 0.800 bits per heavy atom. The van der Waals surface area contributed by atoms with Crippen molar-refractivity contribution in [1.82, 2.24) is 5.32 Å². The third kappa shape index (κ3) is 5.93. The summed E-state index contributed by atoms with van der Waals surface area (Å²) in [4.78, 5) is 13.0. The van der Waals surface area contributed by atoms with E-state index in [-0.39, 0.29) is 17.7 Å². The van der Waals surface area contributed by atoms with Crippen molar-refractivity contribution in [2.24, 2.45) is 11.8 Å². The third-order valence-electron chi connectivity index (χ3n) is 5.53. The number of ketones is 1. The second-order valence-corrected chi connectivity index (χ2v) is 8.15. The zero-order valence-corrected chi connectivity index (χ0v) is 18.1. The van der Waals surface area contributed by atoms with Crippen LogP contribution in [0.3, 0.4) is 0 Å². The Morgan fingerprint density at radius 2 is 1.33 bits per heavy atom. The topological polar surface area (TPSA) is 29.1 Å². The van der Waals surface area contributed by atoms with Gasteiger partial charge in [-0.2, -0.15) is 0 Å². The van der Waals surface area contributed by atoms with Crippen LogP contribution in [0.4, 0.5) is 0 Å². The van der Waals surface area contributed by atoms with Crippen molar-refractivity contribution in [2.45, 2.75) is 33.2 Å². The molecular weight excluding hydrogens is 366 g/mol. The van der Waals surface area contributed by atoms with Crippen molar-refractivity contribution >= 4 is 5.78 Å². The summed E-state index contributed by atoms with van der Waals surface area (Å²) in [6.07, 6.45) is 2.70. The number of hydrogen-bond acceptors (Lipinski definition) is 2. The molecule has 0 aliphatic heterocycles. The van der Waals surface area contributed by atoms with Crippen molar-refractivity contribution < 1.29 is 4.79 Å². The lowest BCUT2D eigenvalue weighted by molar-refractivity contribution is 0.104. The molecule has 0 aromatic heterocycles. The van der Waals surface area contributed by atoms with Crippen molar-refractivity contribution in [3.8, 4) is 0 Å². The van der Waals surface area contributed by atoms with Gasteiger partial charge in [0.15, 0.2) is 5.78 Å². The Morgan fingerprint density at radius 3 is 1.90 bits per heavy atom. The molecule has 0 aliphatic rings. The van der Waals surface area contributed by atoms with Crippen molar-refractivity contribution in [3.63, 3.8) is 0 Å². The maximum absolute atomic E-state index is 13.0. The van der Waals surface area contributed by atoms with Gasteiger partial charge in [-0.05, 0) is 30.4 Å².